The van der Waals surface area contributed by atoms with Gasteiger partial charge in [0.15, 0.2) is 0 Å². The van der Waals surface area contributed by atoms with E-state index in [0.29, 0.717) is 17.1 Å². The molecule has 0 bridgehead atoms. The SMILES string of the molecule is COc1ccc(NC(=O)C[C@@H]2SC(=O)N(c3ccccc3)C2=O)cc1. The molecule has 2 aromatic carbocycles. The van der Waals surface area contributed by atoms with Crippen LogP contribution < -0.4 is 15.0 Å². The van der Waals surface area contributed by atoms with Crippen LogP contribution in [0.4, 0.5) is 16.2 Å². The normalized spacial score (nSPS) is 16.8. The summed E-state index contributed by atoms with van der Waals surface area (Å²) >= 11 is 0.878. The van der Waals surface area contributed by atoms with Crippen molar-refractivity contribution in [2.24, 2.45) is 0 Å². The van der Waals surface area contributed by atoms with Crippen molar-refractivity contribution in [1.82, 2.24) is 0 Å². The third kappa shape index (κ3) is 3.83. The number of amides is 3. The van der Waals surface area contributed by atoms with Gasteiger partial charge in [-0.1, -0.05) is 18.2 Å². The van der Waals surface area contributed by atoms with Gasteiger partial charge in [0.25, 0.3) is 5.24 Å². The number of nitrogens with one attached hydrogen (secondary N) is 1. The van der Waals surface area contributed by atoms with Crippen LogP contribution in [0.5, 0.6) is 5.75 Å². The number of para-hydroxylation sites is 1. The molecule has 0 aromatic heterocycles. The summed E-state index contributed by atoms with van der Waals surface area (Å²) < 4.78 is 5.06. The minimum Gasteiger partial charge on any atom is -0.497 e. The van der Waals surface area contributed by atoms with Gasteiger partial charge in [-0.05, 0) is 48.2 Å². The summed E-state index contributed by atoms with van der Waals surface area (Å²) in [6.45, 7) is 0. The molecule has 0 spiro atoms. The van der Waals surface area contributed by atoms with Crippen molar-refractivity contribution in [2.45, 2.75) is 11.7 Å². The van der Waals surface area contributed by atoms with Crippen molar-refractivity contribution in [2.75, 3.05) is 17.3 Å². The Morgan fingerprint density at radius 3 is 2.44 bits per heavy atom. The van der Waals surface area contributed by atoms with E-state index in [0.717, 1.165) is 16.7 Å². The number of anilines is 2. The van der Waals surface area contributed by atoms with Gasteiger partial charge in [0.2, 0.25) is 11.8 Å². The molecule has 0 aliphatic carbocycles. The number of thioether (sulfide) groups is 1. The van der Waals surface area contributed by atoms with Crippen LogP contribution in [0.1, 0.15) is 6.42 Å². The maximum absolute atomic E-state index is 12.5. The van der Waals surface area contributed by atoms with Crippen molar-refractivity contribution in [1.29, 1.82) is 0 Å². The fourth-order valence-electron chi connectivity index (χ4n) is 2.45. The molecule has 3 amide bonds. The van der Waals surface area contributed by atoms with E-state index in [9.17, 15) is 14.4 Å². The molecular weight excluding hydrogens is 340 g/mol. The number of nitrogens with zero attached hydrogens (tertiary/aromatic N) is 1. The summed E-state index contributed by atoms with van der Waals surface area (Å²) in [6, 6.07) is 15.6. The van der Waals surface area contributed by atoms with Gasteiger partial charge < -0.3 is 10.1 Å². The first-order valence-corrected chi connectivity index (χ1v) is 8.50. The fraction of sp³-hybridized carbons (Fsp3) is 0.167. The van der Waals surface area contributed by atoms with Gasteiger partial charge in [0.1, 0.15) is 11.0 Å². The Hall–Kier alpha value is -2.80. The average Bonchev–Trinajstić information content (AvgIpc) is 2.89. The first kappa shape index (κ1) is 17.0. The van der Waals surface area contributed by atoms with Crippen LogP contribution in [0.15, 0.2) is 54.6 Å². The molecule has 1 heterocycles. The summed E-state index contributed by atoms with van der Waals surface area (Å²) in [7, 11) is 1.56. The summed E-state index contributed by atoms with van der Waals surface area (Å²) in [5, 5.41) is 1.64. The highest BCUT2D eigenvalue weighted by atomic mass is 32.2. The average molecular weight is 356 g/mol. The molecule has 25 heavy (non-hydrogen) atoms. The summed E-state index contributed by atoms with van der Waals surface area (Å²) in [6.07, 6.45) is -0.0649. The Labute approximate surface area is 149 Å². The number of hydrogen-bond donors (Lipinski definition) is 1. The van der Waals surface area contributed by atoms with Gasteiger partial charge in [-0.25, -0.2) is 4.90 Å². The van der Waals surface area contributed by atoms with Crippen LogP contribution in [0.2, 0.25) is 0 Å². The number of benzene rings is 2. The predicted molar refractivity (Wildman–Crippen MR) is 96.9 cm³/mol. The van der Waals surface area contributed by atoms with Crippen molar-refractivity contribution < 1.29 is 19.1 Å². The fourth-order valence-corrected chi connectivity index (χ4v) is 3.44. The standard InChI is InChI=1S/C18H16N2O4S/c1-24-14-9-7-12(8-10-14)19-16(21)11-15-17(22)20(18(23)25-15)13-5-3-2-4-6-13/h2-10,15H,11H2,1H3,(H,19,21)/t15-/m0/s1. The van der Waals surface area contributed by atoms with Gasteiger partial charge in [-0.2, -0.15) is 0 Å². The first-order valence-electron chi connectivity index (χ1n) is 7.62. The van der Waals surface area contributed by atoms with E-state index in [4.69, 9.17) is 4.74 Å². The highest BCUT2D eigenvalue weighted by molar-refractivity contribution is 8.15. The zero-order chi connectivity index (χ0) is 17.8. The van der Waals surface area contributed by atoms with E-state index in [-0.39, 0.29) is 23.5 Å². The van der Waals surface area contributed by atoms with E-state index < -0.39 is 5.25 Å². The Balaban J connectivity index is 1.63. The molecule has 1 aliphatic rings. The van der Waals surface area contributed by atoms with Crippen molar-refractivity contribution in [3.8, 4) is 5.75 Å². The zero-order valence-electron chi connectivity index (χ0n) is 13.5. The molecule has 1 N–H and O–H groups in total. The number of rotatable bonds is 5. The molecule has 2 aromatic rings. The summed E-state index contributed by atoms with van der Waals surface area (Å²) in [5.74, 6) is -0.00608. The number of methoxy groups -OCH3 is 1. The lowest BCUT2D eigenvalue weighted by atomic mass is 10.2. The van der Waals surface area contributed by atoms with E-state index in [1.807, 2.05) is 0 Å². The van der Waals surface area contributed by atoms with Gasteiger partial charge >= 0.3 is 0 Å². The van der Waals surface area contributed by atoms with Gasteiger partial charge in [0.05, 0.1) is 12.8 Å². The second-order valence-electron chi connectivity index (χ2n) is 5.36. The molecule has 0 radical (unpaired) electrons. The molecule has 1 atom stereocenters. The molecule has 1 saturated heterocycles. The minimum atomic E-state index is -0.717. The van der Waals surface area contributed by atoms with Crippen LogP contribution in [0, 0.1) is 0 Å². The summed E-state index contributed by atoms with van der Waals surface area (Å²) in [4.78, 5) is 37.9. The van der Waals surface area contributed by atoms with Crippen molar-refractivity contribution >= 4 is 40.2 Å². The molecule has 1 aliphatic heterocycles. The second-order valence-corrected chi connectivity index (χ2v) is 6.52. The maximum atomic E-state index is 12.5. The topological polar surface area (TPSA) is 75.7 Å². The summed E-state index contributed by atoms with van der Waals surface area (Å²) in [5.41, 5.74) is 1.12. The third-order valence-corrected chi connectivity index (χ3v) is 4.72. The molecule has 128 valence electrons. The Bertz CT molecular complexity index is 792. The predicted octanol–water partition coefficient (Wildman–Crippen LogP) is 3.29. The largest absolute Gasteiger partial charge is 0.497 e. The van der Waals surface area contributed by atoms with Gasteiger partial charge in [0, 0.05) is 12.1 Å². The highest BCUT2D eigenvalue weighted by Gasteiger charge is 2.41. The number of ether oxygens (including phenoxy) is 1. The quantitative estimate of drug-likeness (QED) is 0.890. The molecule has 0 unspecified atom stereocenters. The number of hydrogen-bond acceptors (Lipinski definition) is 5. The lowest BCUT2D eigenvalue weighted by molar-refractivity contribution is -0.121. The molecule has 0 saturated carbocycles. The minimum absolute atomic E-state index is 0.0649. The second kappa shape index (κ2) is 7.40. The van der Waals surface area contributed by atoms with Crippen LogP contribution in [-0.2, 0) is 9.59 Å². The van der Waals surface area contributed by atoms with Crippen LogP contribution in [-0.4, -0.2) is 29.4 Å². The van der Waals surface area contributed by atoms with Gasteiger partial charge in [-0.3, -0.25) is 14.4 Å². The lowest BCUT2D eigenvalue weighted by Gasteiger charge is -2.13. The zero-order valence-corrected chi connectivity index (χ0v) is 14.3. The van der Waals surface area contributed by atoms with E-state index in [1.165, 1.54) is 0 Å². The molecule has 1 fully saturated rings. The maximum Gasteiger partial charge on any atom is 0.293 e. The molecule has 6 nitrogen and oxygen atoms in total. The van der Waals surface area contributed by atoms with Gasteiger partial charge in [-0.15, -0.1) is 0 Å². The monoisotopic (exact) mass is 356 g/mol. The van der Waals surface area contributed by atoms with Crippen LogP contribution in [0.25, 0.3) is 0 Å². The van der Waals surface area contributed by atoms with E-state index in [1.54, 1.807) is 61.7 Å². The number of carbonyl (C=O) groups is 3. The number of carbonyl (C=O) groups excluding carboxylic acids is 3. The highest BCUT2D eigenvalue weighted by Crippen LogP contribution is 2.33. The Morgan fingerprint density at radius 2 is 1.80 bits per heavy atom. The first-order chi connectivity index (χ1) is 12.1. The Kier molecular flexibility index (Phi) is 5.04. The van der Waals surface area contributed by atoms with Crippen LogP contribution >= 0.6 is 11.8 Å². The third-order valence-electron chi connectivity index (χ3n) is 3.68. The Morgan fingerprint density at radius 1 is 1.12 bits per heavy atom. The molecule has 7 heteroatoms. The number of imide groups is 1. The molecule has 3 rings (SSSR count). The van der Waals surface area contributed by atoms with E-state index >= 15 is 0 Å². The smallest absolute Gasteiger partial charge is 0.293 e. The van der Waals surface area contributed by atoms with Crippen molar-refractivity contribution in [3.05, 3.63) is 54.6 Å². The van der Waals surface area contributed by atoms with E-state index in [2.05, 4.69) is 5.32 Å². The van der Waals surface area contributed by atoms with Crippen molar-refractivity contribution in [3.63, 3.8) is 0 Å². The lowest BCUT2D eigenvalue weighted by Crippen LogP contribution is -2.32. The molecular formula is C18H16N2O4S. The van der Waals surface area contributed by atoms with Crippen LogP contribution in [0.3, 0.4) is 0 Å².